The minimum Gasteiger partial charge on any atom is -0.388 e. The van der Waals surface area contributed by atoms with Crippen molar-refractivity contribution in [1.82, 2.24) is 0 Å². The summed E-state index contributed by atoms with van der Waals surface area (Å²) in [7, 11) is 0. The van der Waals surface area contributed by atoms with Crippen LogP contribution in [0.25, 0.3) is 0 Å². The molecule has 0 saturated carbocycles. The lowest BCUT2D eigenvalue weighted by Crippen LogP contribution is -2.02. The number of rotatable bonds is 6. The van der Waals surface area contributed by atoms with Gasteiger partial charge in [0.25, 0.3) is 0 Å². The highest BCUT2D eigenvalue weighted by Gasteiger charge is 2.09. The van der Waals surface area contributed by atoms with Crippen LogP contribution in [0.15, 0.2) is 59.5 Å². The first-order chi connectivity index (χ1) is 9.65. The van der Waals surface area contributed by atoms with Crippen LogP contribution in [-0.4, -0.2) is 10.9 Å². The molecule has 0 heterocycles. The molecule has 0 bridgehead atoms. The van der Waals surface area contributed by atoms with Gasteiger partial charge >= 0.3 is 0 Å². The molecule has 2 aromatic rings. The molecular weight excluding hydrogens is 264 g/mol. The van der Waals surface area contributed by atoms with Gasteiger partial charge in [0.1, 0.15) is 0 Å². The molecule has 2 heteroatoms. The van der Waals surface area contributed by atoms with Crippen molar-refractivity contribution in [3.63, 3.8) is 0 Å². The lowest BCUT2D eigenvalue weighted by Gasteiger charge is -2.13. The summed E-state index contributed by atoms with van der Waals surface area (Å²) < 4.78 is 0. The topological polar surface area (TPSA) is 20.2 Å². The molecule has 1 unspecified atom stereocenters. The second kappa shape index (κ2) is 7.51. The second-order valence-corrected chi connectivity index (χ2v) is 6.58. The first-order valence-electron chi connectivity index (χ1n) is 7.10. The number of hydrogen-bond acceptors (Lipinski definition) is 2. The Bertz CT molecular complexity index is 522. The fourth-order valence-corrected chi connectivity index (χ4v) is 3.08. The zero-order valence-electron chi connectivity index (χ0n) is 12.1. The van der Waals surface area contributed by atoms with E-state index in [0.29, 0.717) is 11.7 Å². The van der Waals surface area contributed by atoms with Crippen molar-refractivity contribution in [2.75, 3.05) is 5.75 Å². The summed E-state index contributed by atoms with van der Waals surface area (Å²) in [5.74, 6) is 1.33. The predicted octanol–water partition coefficient (Wildman–Crippen LogP) is 4.71. The molecule has 0 radical (unpaired) electrons. The van der Waals surface area contributed by atoms with Gasteiger partial charge in [0.05, 0.1) is 6.10 Å². The van der Waals surface area contributed by atoms with Crippen molar-refractivity contribution in [3.05, 3.63) is 65.7 Å². The van der Waals surface area contributed by atoms with Crippen molar-refractivity contribution in [2.45, 2.75) is 31.3 Å². The smallest absolute Gasteiger partial charge is 0.0884 e. The molecule has 2 aromatic carbocycles. The molecule has 0 spiro atoms. The Morgan fingerprint density at radius 2 is 1.75 bits per heavy atom. The van der Waals surface area contributed by atoms with E-state index in [0.717, 1.165) is 12.0 Å². The van der Waals surface area contributed by atoms with Gasteiger partial charge in [-0.1, -0.05) is 56.3 Å². The molecule has 20 heavy (non-hydrogen) atoms. The van der Waals surface area contributed by atoms with Gasteiger partial charge in [0.15, 0.2) is 0 Å². The van der Waals surface area contributed by atoms with Crippen molar-refractivity contribution < 1.29 is 5.11 Å². The van der Waals surface area contributed by atoms with Crippen LogP contribution < -0.4 is 0 Å². The van der Waals surface area contributed by atoms with Crippen LogP contribution in [0.2, 0.25) is 0 Å². The molecule has 1 nitrogen and oxygen atoms in total. The molecule has 2 rings (SSSR count). The molecule has 1 atom stereocenters. The largest absolute Gasteiger partial charge is 0.388 e. The molecule has 0 fully saturated rings. The van der Waals surface area contributed by atoms with E-state index < -0.39 is 6.10 Å². The van der Waals surface area contributed by atoms with E-state index in [1.807, 2.05) is 30.3 Å². The lowest BCUT2D eigenvalue weighted by molar-refractivity contribution is 0.204. The van der Waals surface area contributed by atoms with E-state index in [1.165, 1.54) is 10.5 Å². The van der Waals surface area contributed by atoms with Gasteiger partial charge in [-0.25, -0.2) is 0 Å². The Labute approximate surface area is 126 Å². The summed E-state index contributed by atoms with van der Waals surface area (Å²) >= 11 is 1.69. The predicted molar refractivity (Wildman–Crippen MR) is 87.1 cm³/mol. The van der Waals surface area contributed by atoms with Crippen LogP contribution in [0.4, 0.5) is 0 Å². The zero-order valence-corrected chi connectivity index (χ0v) is 12.9. The summed E-state index contributed by atoms with van der Waals surface area (Å²) in [6.45, 7) is 4.43. The maximum Gasteiger partial charge on any atom is 0.0884 e. The number of benzene rings is 2. The van der Waals surface area contributed by atoms with Crippen LogP contribution in [0.5, 0.6) is 0 Å². The van der Waals surface area contributed by atoms with E-state index in [4.69, 9.17) is 0 Å². The third kappa shape index (κ3) is 4.69. The summed E-state index contributed by atoms with van der Waals surface area (Å²) in [4.78, 5) is 1.20. The van der Waals surface area contributed by atoms with Gasteiger partial charge in [-0.15, -0.1) is 11.8 Å². The number of aliphatic hydroxyl groups is 1. The molecule has 0 saturated heterocycles. The van der Waals surface area contributed by atoms with Crippen LogP contribution in [-0.2, 0) is 6.42 Å². The average molecular weight is 286 g/mol. The van der Waals surface area contributed by atoms with E-state index in [-0.39, 0.29) is 0 Å². The van der Waals surface area contributed by atoms with Gasteiger partial charge in [0, 0.05) is 10.6 Å². The third-order valence-electron chi connectivity index (χ3n) is 3.13. The maximum absolute atomic E-state index is 10.3. The molecule has 0 aromatic heterocycles. The average Bonchev–Trinajstić information content (AvgIpc) is 2.45. The quantitative estimate of drug-likeness (QED) is 0.776. The molecule has 1 N–H and O–H groups in total. The lowest BCUT2D eigenvalue weighted by atomic mass is 9.99. The fourth-order valence-electron chi connectivity index (χ4n) is 2.19. The Kier molecular flexibility index (Phi) is 5.69. The normalized spacial score (nSPS) is 12.6. The minimum atomic E-state index is -0.410. The highest BCUT2D eigenvalue weighted by molar-refractivity contribution is 7.99. The number of aliphatic hydroxyl groups excluding tert-OH is 1. The van der Waals surface area contributed by atoms with Crippen LogP contribution in [0.3, 0.4) is 0 Å². The Balaban J connectivity index is 1.96. The summed E-state index contributed by atoms with van der Waals surface area (Å²) in [5.41, 5.74) is 2.33. The summed E-state index contributed by atoms with van der Waals surface area (Å²) in [5, 5.41) is 10.3. The summed E-state index contributed by atoms with van der Waals surface area (Å²) in [6, 6.07) is 18.5. The second-order valence-electron chi connectivity index (χ2n) is 5.48. The van der Waals surface area contributed by atoms with E-state index in [9.17, 15) is 5.11 Å². The Morgan fingerprint density at radius 3 is 2.45 bits per heavy atom. The van der Waals surface area contributed by atoms with Gasteiger partial charge in [-0.05, 0) is 35.6 Å². The van der Waals surface area contributed by atoms with Gasteiger partial charge in [-0.3, -0.25) is 0 Å². The maximum atomic E-state index is 10.3. The first kappa shape index (κ1) is 15.1. The van der Waals surface area contributed by atoms with E-state index in [1.54, 1.807) is 11.8 Å². The number of thioether (sulfide) groups is 1. The van der Waals surface area contributed by atoms with E-state index >= 15 is 0 Å². The van der Waals surface area contributed by atoms with Crippen molar-refractivity contribution in [2.24, 2.45) is 5.92 Å². The van der Waals surface area contributed by atoms with Crippen molar-refractivity contribution in [1.29, 1.82) is 0 Å². The van der Waals surface area contributed by atoms with Gasteiger partial charge in [-0.2, -0.15) is 0 Å². The summed E-state index contributed by atoms with van der Waals surface area (Å²) in [6.07, 6.45) is 0.652. The minimum absolute atomic E-state index is 0.410. The molecule has 0 amide bonds. The van der Waals surface area contributed by atoms with Crippen LogP contribution >= 0.6 is 11.8 Å². The standard InChI is InChI=1S/C18H22OS/c1-14(2)11-15-7-6-8-16(12-15)18(19)13-20-17-9-4-3-5-10-17/h3-10,12,14,18-19H,11,13H2,1-2H3. The fraction of sp³-hybridized carbons (Fsp3) is 0.333. The van der Waals surface area contributed by atoms with Crippen molar-refractivity contribution in [3.8, 4) is 0 Å². The zero-order chi connectivity index (χ0) is 14.4. The Morgan fingerprint density at radius 1 is 1.00 bits per heavy atom. The van der Waals surface area contributed by atoms with E-state index in [2.05, 4.69) is 38.1 Å². The third-order valence-corrected chi connectivity index (χ3v) is 4.22. The molecule has 0 aliphatic heterocycles. The molecular formula is C18H22OS. The van der Waals surface area contributed by atoms with Gasteiger partial charge in [0.2, 0.25) is 0 Å². The molecule has 0 aliphatic carbocycles. The Hall–Kier alpha value is -1.25. The van der Waals surface area contributed by atoms with Crippen LogP contribution in [0.1, 0.15) is 31.1 Å². The molecule has 106 valence electrons. The van der Waals surface area contributed by atoms with Crippen molar-refractivity contribution >= 4 is 11.8 Å². The monoisotopic (exact) mass is 286 g/mol. The highest BCUT2D eigenvalue weighted by atomic mass is 32.2. The first-order valence-corrected chi connectivity index (χ1v) is 8.08. The van der Waals surface area contributed by atoms with Gasteiger partial charge < -0.3 is 5.11 Å². The number of hydrogen-bond donors (Lipinski definition) is 1. The SMILES string of the molecule is CC(C)Cc1cccc(C(O)CSc2ccccc2)c1. The van der Waals surface area contributed by atoms with Crippen LogP contribution in [0, 0.1) is 5.92 Å². The highest BCUT2D eigenvalue weighted by Crippen LogP contribution is 2.25. The molecule has 0 aliphatic rings.